The zero-order valence-corrected chi connectivity index (χ0v) is 16.4. The first kappa shape index (κ1) is 22.9. The summed E-state index contributed by atoms with van der Waals surface area (Å²) in [6, 6.07) is 0. The van der Waals surface area contributed by atoms with Crippen LogP contribution in [0.25, 0.3) is 0 Å². The highest BCUT2D eigenvalue weighted by Crippen LogP contribution is 2.11. The van der Waals surface area contributed by atoms with E-state index in [1.54, 1.807) is 0 Å². The van der Waals surface area contributed by atoms with Crippen LogP contribution in [0.4, 0.5) is 0 Å². The van der Waals surface area contributed by atoms with E-state index in [9.17, 15) is 0 Å². The zero-order valence-electron chi connectivity index (χ0n) is 16.4. The van der Waals surface area contributed by atoms with E-state index in [4.69, 9.17) is 11.2 Å². The number of hydrogen-bond acceptors (Lipinski definition) is 1. The predicted octanol–water partition coefficient (Wildman–Crippen LogP) is 7.25. The van der Waals surface area contributed by atoms with Crippen molar-refractivity contribution in [3.8, 4) is 24.4 Å². The van der Waals surface area contributed by atoms with Crippen molar-refractivity contribution in [2.24, 2.45) is 0 Å². The largest absolute Gasteiger partial charge is 0.430 e. The lowest BCUT2D eigenvalue weighted by molar-refractivity contribution is 0.205. The lowest BCUT2D eigenvalue weighted by Gasteiger charge is -2.07. The molecular formula is C23H40O. The first-order valence-corrected chi connectivity index (χ1v) is 10.4. The first-order chi connectivity index (χ1) is 11.8. The molecule has 1 unspecified atom stereocenters. The van der Waals surface area contributed by atoms with Gasteiger partial charge in [0, 0.05) is 6.42 Å². The van der Waals surface area contributed by atoms with Gasteiger partial charge in [-0.05, 0) is 19.3 Å². The van der Waals surface area contributed by atoms with Gasteiger partial charge in [-0.25, -0.2) is 0 Å². The second kappa shape index (κ2) is 20.0. The Labute approximate surface area is 152 Å². The number of terminal acetylenes is 1. The normalized spacial score (nSPS) is 11.4. The van der Waals surface area contributed by atoms with E-state index in [0.29, 0.717) is 0 Å². The lowest BCUT2D eigenvalue weighted by atomic mass is 10.1. The van der Waals surface area contributed by atoms with Crippen LogP contribution < -0.4 is 0 Å². The van der Waals surface area contributed by atoms with Gasteiger partial charge in [0.15, 0.2) is 6.10 Å². The van der Waals surface area contributed by atoms with Crippen LogP contribution in [0, 0.1) is 24.4 Å². The molecular weight excluding hydrogens is 292 g/mol. The summed E-state index contributed by atoms with van der Waals surface area (Å²) < 4.78 is 5.50. The SMILES string of the molecule is C#CC(CCCCCCCCC)OC#CCCCCCCCCC. The molecule has 0 aliphatic carbocycles. The molecule has 0 spiro atoms. The van der Waals surface area contributed by atoms with E-state index >= 15 is 0 Å². The second-order valence-electron chi connectivity index (χ2n) is 6.83. The van der Waals surface area contributed by atoms with Crippen LogP contribution in [0.2, 0.25) is 0 Å². The third-order valence-electron chi connectivity index (χ3n) is 4.43. The van der Waals surface area contributed by atoms with Gasteiger partial charge in [0.1, 0.15) is 6.11 Å². The van der Waals surface area contributed by atoms with Gasteiger partial charge in [0.2, 0.25) is 0 Å². The molecule has 1 atom stereocenters. The van der Waals surface area contributed by atoms with Gasteiger partial charge in [-0.3, -0.25) is 0 Å². The van der Waals surface area contributed by atoms with E-state index in [2.05, 4.69) is 31.8 Å². The maximum absolute atomic E-state index is 5.53. The Morgan fingerprint density at radius 3 is 1.75 bits per heavy atom. The minimum Gasteiger partial charge on any atom is -0.430 e. The number of unbranched alkanes of at least 4 members (excludes halogenated alkanes) is 13. The van der Waals surface area contributed by atoms with Crippen LogP contribution in [0.15, 0.2) is 0 Å². The van der Waals surface area contributed by atoms with Crippen molar-refractivity contribution in [3.63, 3.8) is 0 Å². The van der Waals surface area contributed by atoms with Crippen molar-refractivity contribution in [1.29, 1.82) is 0 Å². The molecule has 0 rings (SSSR count). The Hall–Kier alpha value is -1.08. The zero-order chi connectivity index (χ0) is 17.7. The molecule has 0 amide bonds. The van der Waals surface area contributed by atoms with Crippen molar-refractivity contribution >= 4 is 0 Å². The van der Waals surface area contributed by atoms with E-state index in [1.807, 2.05) is 0 Å². The fourth-order valence-corrected chi connectivity index (χ4v) is 2.80. The van der Waals surface area contributed by atoms with Gasteiger partial charge in [0.05, 0.1) is 0 Å². The summed E-state index contributed by atoms with van der Waals surface area (Å²) in [6.45, 7) is 4.51. The molecule has 0 aromatic rings. The van der Waals surface area contributed by atoms with Crippen molar-refractivity contribution in [1.82, 2.24) is 0 Å². The topological polar surface area (TPSA) is 9.23 Å². The Morgan fingerprint density at radius 2 is 1.21 bits per heavy atom. The maximum atomic E-state index is 5.53. The molecule has 1 nitrogen and oxygen atoms in total. The second-order valence-corrected chi connectivity index (χ2v) is 6.83. The van der Waals surface area contributed by atoms with Crippen molar-refractivity contribution in [2.45, 2.75) is 123 Å². The Kier molecular flexibility index (Phi) is 19.1. The van der Waals surface area contributed by atoms with Gasteiger partial charge >= 0.3 is 0 Å². The lowest BCUT2D eigenvalue weighted by Crippen LogP contribution is -2.06. The maximum Gasteiger partial charge on any atom is 0.170 e. The monoisotopic (exact) mass is 332 g/mol. The summed E-state index contributed by atoms with van der Waals surface area (Å²) in [5.41, 5.74) is 0. The van der Waals surface area contributed by atoms with Gasteiger partial charge in [-0.2, -0.15) is 0 Å². The quantitative estimate of drug-likeness (QED) is 0.214. The summed E-state index contributed by atoms with van der Waals surface area (Å²) >= 11 is 0. The molecule has 1 heteroatoms. The molecule has 0 radical (unpaired) electrons. The highest BCUT2D eigenvalue weighted by molar-refractivity contribution is 4.99. The van der Waals surface area contributed by atoms with Gasteiger partial charge in [-0.15, -0.1) is 6.42 Å². The number of ether oxygens (including phenoxy) is 1. The summed E-state index contributed by atoms with van der Waals surface area (Å²) in [7, 11) is 0. The van der Waals surface area contributed by atoms with E-state index in [1.165, 1.54) is 83.5 Å². The summed E-state index contributed by atoms with van der Waals surface area (Å²) in [6.07, 6.45) is 28.5. The average molecular weight is 333 g/mol. The molecule has 0 fully saturated rings. The van der Waals surface area contributed by atoms with Crippen molar-refractivity contribution in [2.75, 3.05) is 0 Å². The molecule has 0 aromatic heterocycles. The van der Waals surface area contributed by atoms with Gasteiger partial charge in [-0.1, -0.05) is 103 Å². The molecule has 0 bridgehead atoms. The van der Waals surface area contributed by atoms with E-state index < -0.39 is 0 Å². The highest BCUT2D eigenvalue weighted by Gasteiger charge is 2.03. The van der Waals surface area contributed by atoms with Crippen LogP contribution in [0.3, 0.4) is 0 Å². The molecule has 138 valence electrons. The molecule has 0 aromatic carbocycles. The van der Waals surface area contributed by atoms with E-state index in [-0.39, 0.29) is 6.10 Å². The smallest absolute Gasteiger partial charge is 0.170 e. The van der Waals surface area contributed by atoms with Crippen LogP contribution >= 0.6 is 0 Å². The van der Waals surface area contributed by atoms with Crippen LogP contribution in [0.1, 0.15) is 117 Å². The molecule has 0 aliphatic rings. The molecule has 0 saturated carbocycles. The Bertz CT molecular complexity index is 341. The van der Waals surface area contributed by atoms with E-state index in [0.717, 1.165) is 19.3 Å². The number of rotatable bonds is 16. The van der Waals surface area contributed by atoms with Gasteiger partial charge in [0.25, 0.3) is 0 Å². The molecule has 24 heavy (non-hydrogen) atoms. The standard InChI is InChI=1S/C23H40O/c1-4-7-9-11-13-14-16-18-20-22-24-23(6-3)21-19-17-15-12-10-8-5-2/h3,23H,4-5,7-19,21H2,1-2H3. The van der Waals surface area contributed by atoms with Crippen LogP contribution in [0.5, 0.6) is 0 Å². The molecule has 0 N–H and O–H groups in total. The Morgan fingerprint density at radius 1 is 0.708 bits per heavy atom. The molecule has 0 heterocycles. The summed E-state index contributed by atoms with van der Waals surface area (Å²) in [4.78, 5) is 0. The van der Waals surface area contributed by atoms with Crippen LogP contribution in [-0.2, 0) is 4.74 Å². The summed E-state index contributed by atoms with van der Waals surface area (Å²) in [5, 5.41) is 0. The van der Waals surface area contributed by atoms with Crippen LogP contribution in [-0.4, -0.2) is 6.10 Å². The predicted molar refractivity (Wildman–Crippen MR) is 107 cm³/mol. The minimum atomic E-state index is -0.123. The molecule has 0 saturated heterocycles. The third kappa shape index (κ3) is 17.3. The first-order valence-electron chi connectivity index (χ1n) is 10.4. The van der Waals surface area contributed by atoms with Crippen molar-refractivity contribution < 1.29 is 4.74 Å². The minimum absolute atomic E-state index is 0.123. The highest BCUT2D eigenvalue weighted by atomic mass is 16.5. The fraction of sp³-hybridized carbons (Fsp3) is 0.826. The summed E-state index contributed by atoms with van der Waals surface area (Å²) in [5.74, 6) is 5.83. The Balaban J connectivity index is 3.47. The van der Waals surface area contributed by atoms with Gasteiger partial charge < -0.3 is 4.74 Å². The fourth-order valence-electron chi connectivity index (χ4n) is 2.80. The van der Waals surface area contributed by atoms with Crippen molar-refractivity contribution in [3.05, 3.63) is 0 Å². The molecule has 0 aliphatic heterocycles. The number of hydrogen-bond donors (Lipinski definition) is 0. The average Bonchev–Trinajstić information content (AvgIpc) is 2.60. The third-order valence-corrected chi connectivity index (χ3v) is 4.43.